The van der Waals surface area contributed by atoms with Crippen molar-refractivity contribution in [2.75, 3.05) is 6.54 Å². The molecule has 3 nitrogen and oxygen atoms in total. The third-order valence-electron chi connectivity index (χ3n) is 4.01. The summed E-state index contributed by atoms with van der Waals surface area (Å²) < 4.78 is 2.19. The van der Waals surface area contributed by atoms with Crippen molar-refractivity contribution in [3.63, 3.8) is 0 Å². The van der Waals surface area contributed by atoms with E-state index in [0.29, 0.717) is 0 Å². The Morgan fingerprint density at radius 2 is 2.17 bits per heavy atom. The predicted molar refractivity (Wildman–Crippen MR) is 75.4 cm³/mol. The molecule has 1 aliphatic rings. The normalized spacial score (nSPS) is 17.2. The van der Waals surface area contributed by atoms with Crippen LogP contribution in [0.4, 0.5) is 0 Å². The number of nitrogens with one attached hydrogen (secondary N) is 1. The van der Waals surface area contributed by atoms with E-state index in [9.17, 15) is 0 Å². The van der Waals surface area contributed by atoms with Gasteiger partial charge in [-0.15, -0.1) is 0 Å². The Morgan fingerprint density at radius 3 is 2.94 bits per heavy atom. The Bertz CT molecular complexity index is 326. The number of hydrogen-bond acceptors (Lipinski definition) is 2. The van der Waals surface area contributed by atoms with E-state index in [-0.39, 0.29) is 0 Å². The second kappa shape index (κ2) is 7.57. The van der Waals surface area contributed by atoms with Gasteiger partial charge in [0.2, 0.25) is 0 Å². The zero-order valence-electron chi connectivity index (χ0n) is 11.7. The molecule has 0 aliphatic heterocycles. The minimum absolute atomic E-state index is 0.944. The number of rotatable bonds is 7. The number of hydrogen-bond donors (Lipinski definition) is 1. The van der Waals surface area contributed by atoms with Gasteiger partial charge in [0.25, 0.3) is 0 Å². The first kappa shape index (κ1) is 13.6. The van der Waals surface area contributed by atoms with Crippen LogP contribution in [-0.4, -0.2) is 16.3 Å². The van der Waals surface area contributed by atoms with Gasteiger partial charge in [-0.1, -0.05) is 39.0 Å². The maximum atomic E-state index is 4.46. The zero-order chi connectivity index (χ0) is 12.6. The summed E-state index contributed by atoms with van der Waals surface area (Å²) in [5.74, 6) is 0.944. The van der Waals surface area contributed by atoms with Gasteiger partial charge in [-0.3, -0.25) is 4.68 Å². The topological polar surface area (TPSA) is 29.9 Å². The Morgan fingerprint density at radius 1 is 1.33 bits per heavy atom. The molecular weight excluding hydrogens is 222 g/mol. The minimum atomic E-state index is 0.944. The molecule has 2 rings (SSSR count). The predicted octanol–water partition coefficient (Wildman–Crippen LogP) is 3.35. The molecule has 0 aromatic carbocycles. The number of nitrogens with zero attached hydrogens (tertiary/aromatic N) is 2. The Kier molecular flexibility index (Phi) is 5.72. The average Bonchev–Trinajstić information content (AvgIpc) is 2.86. The quantitative estimate of drug-likeness (QED) is 0.751. The highest BCUT2D eigenvalue weighted by Crippen LogP contribution is 2.26. The number of aromatic nitrogens is 2. The zero-order valence-corrected chi connectivity index (χ0v) is 11.7. The van der Waals surface area contributed by atoms with Crippen molar-refractivity contribution in [1.29, 1.82) is 0 Å². The van der Waals surface area contributed by atoms with Crippen LogP contribution in [0.2, 0.25) is 0 Å². The first-order valence-electron chi connectivity index (χ1n) is 7.61. The van der Waals surface area contributed by atoms with E-state index in [2.05, 4.69) is 28.1 Å². The summed E-state index contributed by atoms with van der Waals surface area (Å²) in [6.07, 6.45) is 11.6. The summed E-state index contributed by atoms with van der Waals surface area (Å²) in [5.41, 5.74) is 1.33. The van der Waals surface area contributed by atoms with Crippen molar-refractivity contribution in [1.82, 2.24) is 15.1 Å². The molecule has 0 radical (unpaired) electrons. The molecule has 0 bridgehead atoms. The minimum Gasteiger partial charge on any atom is -0.311 e. The summed E-state index contributed by atoms with van der Waals surface area (Å²) in [5, 5.41) is 7.91. The summed E-state index contributed by atoms with van der Waals surface area (Å²) in [6.45, 7) is 5.35. The Labute approximate surface area is 111 Å². The largest absolute Gasteiger partial charge is 0.311 e. The second-order valence-corrected chi connectivity index (χ2v) is 5.52. The molecule has 0 unspecified atom stereocenters. The molecule has 3 heteroatoms. The summed E-state index contributed by atoms with van der Waals surface area (Å²) in [4.78, 5) is 0. The molecule has 1 aromatic heterocycles. The van der Waals surface area contributed by atoms with Gasteiger partial charge in [-0.2, -0.15) is 5.10 Å². The molecule has 1 saturated carbocycles. The van der Waals surface area contributed by atoms with Crippen molar-refractivity contribution < 1.29 is 0 Å². The molecule has 1 heterocycles. The second-order valence-electron chi connectivity index (χ2n) is 5.52. The smallest absolute Gasteiger partial charge is 0.0522 e. The Hall–Kier alpha value is -0.830. The lowest BCUT2D eigenvalue weighted by atomic mass is 9.87. The van der Waals surface area contributed by atoms with Crippen LogP contribution in [0.15, 0.2) is 12.3 Å². The fraction of sp³-hybridized carbons (Fsp3) is 0.800. The highest BCUT2D eigenvalue weighted by molar-refractivity contribution is 5.00. The third-order valence-corrected chi connectivity index (χ3v) is 4.01. The van der Waals surface area contributed by atoms with Crippen LogP contribution in [-0.2, 0) is 13.1 Å². The van der Waals surface area contributed by atoms with Crippen LogP contribution in [0.25, 0.3) is 0 Å². The van der Waals surface area contributed by atoms with Crippen LogP contribution in [0, 0.1) is 5.92 Å². The van der Waals surface area contributed by atoms with Gasteiger partial charge in [0, 0.05) is 19.3 Å². The molecule has 18 heavy (non-hydrogen) atoms. The molecule has 0 saturated heterocycles. The van der Waals surface area contributed by atoms with E-state index >= 15 is 0 Å². The monoisotopic (exact) mass is 249 g/mol. The van der Waals surface area contributed by atoms with Crippen molar-refractivity contribution in [2.24, 2.45) is 5.92 Å². The lowest BCUT2D eigenvalue weighted by Gasteiger charge is -2.21. The molecule has 1 aromatic rings. The van der Waals surface area contributed by atoms with E-state index in [1.165, 1.54) is 50.6 Å². The van der Waals surface area contributed by atoms with Gasteiger partial charge in [0.1, 0.15) is 0 Å². The fourth-order valence-corrected chi connectivity index (χ4v) is 2.89. The maximum Gasteiger partial charge on any atom is 0.0522 e. The molecule has 0 atom stereocenters. The van der Waals surface area contributed by atoms with E-state index in [4.69, 9.17) is 0 Å². The first-order valence-corrected chi connectivity index (χ1v) is 7.61. The summed E-state index contributed by atoms with van der Waals surface area (Å²) >= 11 is 0. The first-order chi connectivity index (χ1) is 8.90. The highest BCUT2D eigenvalue weighted by atomic mass is 15.3. The van der Waals surface area contributed by atoms with Gasteiger partial charge in [-0.05, 0) is 31.4 Å². The van der Waals surface area contributed by atoms with E-state index in [1.807, 2.05) is 6.20 Å². The SMILES string of the molecule is CCCNCc1ccnn1CCC1CCCCC1. The molecule has 1 fully saturated rings. The summed E-state index contributed by atoms with van der Waals surface area (Å²) in [6, 6.07) is 2.14. The lowest BCUT2D eigenvalue weighted by molar-refractivity contribution is 0.316. The van der Waals surface area contributed by atoms with Crippen LogP contribution in [0.3, 0.4) is 0 Å². The lowest BCUT2D eigenvalue weighted by Crippen LogP contribution is -2.18. The van der Waals surface area contributed by atoms with Crippen LogP contribution in [0.1, 0.15) is 57.6 Å². The average molecular weight is 249 g/mol. The molecule has 102 valence electrons. The Balaban J connectivity index is 1.75. The van der Waals surface area contributed by atoms with E-state index in [0.717, 1.165) is 25.6 Å². The number of aryl methyl sites for hydroxylation is 1. The van der Waals surface area contributed by atoms with E-state index < -0.39 is 0 Å². The standard InChI is InChI=1S/C15H27N3/c1-2-10-16-13-15-8-11-17-18(15)12-9-14-6-4-3-5-7-14/h8,11,14,16H,2-7,9-10,12-13H2,1H3. The van der Waals surface area contributed by atoms with Crippen LogP contribution < -0.4 is 5.32 Å². The van der Waals surface area contributed by atoms with Crippen molar-refractivity contribution in [3.8, 4) is 0 Å². The molecule has 1 aliphatic carbocycles. The molecule has 0 amide bonds. The van der Waals surface area contributed by atoms with E-state index in [1.54, 1.807) is 0 Å². The van der Waals surface area contributed by atoms with Crippen molar-refractivity contribution >= 4 is 0 Å². The summed E-state index contributed by atoms with van der Waals surface area (Å²) in [7, 11) is 0. The van der Waals surface area contributed by atoms with Gasteiger partial charge in [0.15, 0.2) is 0 Å². The highest BCUT2D eigenvalue weighted by Gasteiger charge is 2.13. The van der Waals surface area contributed by atoms with Crippen molar-refractivity contribution in [2.45, 2.75) is 65.0 Å². The molecular formula is C15H27N3. The third kappa shape index (κ3) is 4.13. The maximum absolute atomic E-state index is 4.46. The van der Waals surface area contributed by atoms with Crippen LogP contribution in [0.5, 0.6) is 0 Å². The van der Waals surface area contributed by atoms with Crippen molar-refractivity contribution in [3.05, 3.63) is 18.0 Å². The van der Waals surface area contributed by atoms with Crippen LogP contribution >= 0.6 is 0 Å². The van der Waals surface area contributed by atoms with Gasteiger partial charge in [0.05, 0.1) is 5.69 Å². The van der Waals surface area contributed by atoms with Gasteiger partial charge < -0.3 is 5.32 Å². The molecule has 1 N–H and O–H groups in total. The molecule has 0 spiro atoms. The van der Waals surface area contributed by atoms with Gasteiger partial charge >= 0.3 is 0 Å². The van der Waals surface area contributed by atoms with Gasteiger partial charge in [-0.25, -0.2) is 0 Å². The fourth-order valence-electron chi connectivity index (χ4n) is 2.89.